The highest BCUT2D eigenvalue weighted by Crippen LogP contribution is 2.39. The van der Waals surface area contributed by atoms with Gasteiger partial charge in [0, 0.05) is 22.5 Å². The molecule has 4 rings (SSSR count). The van der Waals surface area contributed by atoms with Gasteiger partial charge in [0.15, 0.2) is 0 Å². The molecule has 2 bridgehead atoms. The third-order valence-electron chi connectivity index (χ3n) is 4.48. The van der Waals surface area contributed by atoms with E-state index in [9.17, 15) is 0 Å². The van der Waals surface area contributed by atoms with Gasteiger partial charge in [-0.3, -0.25) is 0 Å². The lowest BCUT2D eigenvalue weighted by Crippen LogP contribution is -2.21. The van der Waals surface area contributed by atoms with E-state index in [4.69, 9.17) is 4.52 Å². The summed E-state index contributed by atoms with van der Waals surface area (Å²) in [5, 5.41) is 7.79. The van der Waals surface area contributed by atoms with Crippen LogP contribution < -0.4 is 5.32 Å². The highest BCUT2D eigenvalue weighted by atomic mass is 32.2. The van der Waals surface area contributed by atoms with Gasteiger partial charge >= 0.3 is 0 Å². The molecule has 0 radical (unpaired) electrons. The molecule has 3 heterocycles. The summed E-state index contributed by atoms with van der Waals surface area (Å²) in [7, 11) is 0. The number of fused-ring (bicyclic) bond motifs is 2. The Bertz CT molecular complexity index is 625. The second kappa shape index (κ2) is 5.46. The molecule has 110 valence electrons. The molecule has 2 saturated heterocycles. The summed E-state index contributed by atoms with van der Waals surface area (Å²) < 4.78 is 5.53. The average Bonchev–Trinajstić information content (AvgIpc) is 3.24. The van der Waals surface area contributed by atoms with Crippen molar-refractivity contribution in [1.82, 2.24) is 15.5 Å². The van der Waals surface area contributed by atoms with Crippen molar-refractivity contribution in [1.29, 1.82) is 0 Å². The average molecular weight is 301 g/mol. The molecule has 2 aromatic rings. The highest BCUT2D eigenvalue weighted by Gasteiger charge is 2.42. The molecule has 0 aliphatic carbocycles. The van der Waals surface area contributed by atoms with E-state index in [-0.39, 0.29) is 0 Å². The van der Waals surface area contributed by atoms with Crippen LogP contribution in [0.2, 0.25) is 0 Å². The van der Waals surface area contributed by atoms with E-state index >= 15 is 0 Å². The lowest BCUT2D eigenvalue weighted by Gasteiger charge is -2.15. The van der Waals surface area contributed by atoms with Gasteiger partial charge in [-0.05, 0) is 49.3 Å². The minimum absolute atomic E-state index is 0.403. The molecule has 0 amide bonds. The van der Waals surface area contributed by atoms with Gasteiger partial charge in [-0.2, -0.15) is 4.98 Å². The van der Waals surface area contributed by atoms with Crippen LogP contribution in [0.15, 0.2) is 33.7 Å². The lowest BCUT2D eigenvalue weighted by molar-refractivity contribution is 0.329. The molecule has 5 heteroatoms. The maximum absolute atomic E-state index is 5.53. The number of nitrogens with one attached hydrogen (secondary N) is 1. The number of thioether (sulfide) groups is 1. The fraction of sp³-hybridized carbons (Fsp3) is 0.500. The predicted molar refractivity (Wildman–Crippen MR) is 83.4 cm³/mol. The molecule has 1 N–H and O–H groups in total. The van der Waals surface area contributed by atoms with Crippen molar-refractivity contribution >= 4 is 11.8 Å². The lowest BCUT2D eigenvalue weighted by atomic mass is 9.89. The van der Waals surface area contributed by atoms with Gasteiger partial charge in [-0.1, -0.05) is 12.1 Å². The summed E-state index contributed by atoms with van der Waals surface area (Å²) in [6.45, 7) is 2.16. The van der Waals surface area contributed by atoms with E-state index in [0.717, 1.165) is 23.6 Å². The van der Waals surface area contributed by atoms with Crippen molar-refractivity contribution in [3.63, 3.8) is 0 Å². The Balaban J connectivity index is 1.54. The smallest absolute Gasteiger partial charge is 0.231 e. The quantitative estimate of drug-likeness (QED) is 0.877. The Morgan fingerprint density at radius 1 is 1.29 bits per heavy atom. The van der Waals surface area contributed by atoms with Gasteiger partial charge in [0.1, 0.15) is 0 Å². The Morgan fingerprint density at radius 3 is 2.81 bits per heavy atom. The number of rotatable bonds is 4. The van der Waals surface area contributed by atoms with E-state index in [1.165, 1.54) is 17.7 Å². The van der Waals surface area contributed by atoms with Crippen molar-refractivity contribution < 1.29 is 4.52 Å². The van der Waals surface area contributed by atoms with E-state index in [1.54, 1.807) is 0 Å². The molecule has 2 fully saturated rings. The zero-order chi connectivity index (χ0) is 14.2. The zero-order valence-corrected chi connectivity index (χ0v) is 12.9. The molecule has 4 nitrogen and oxygen atoms in total. The Hall–Kier alpha value is -1.33. The van der Waals surface area contributed by atoms with Crippen molar-refractivity contribution in [3.05, 3.63) is 30.2 Å². The highest BCUT2D eigenvalue weighted by molar-refractivity contribution is 7.99. The number of aromatic nitrogens is 2. The van der Waals surface area contributed by atoms with Gasteiger partial charge in [0.25, 0.3) is 0 Å². The monoisotopic (exact) mass is 301 g/mol. The van der Waals surface area contributed by atoms with Gasteiger partial charge in [0.05, 0.1) is 5.92 Å². The Kier molecular flexibility index (Phi) is 3.47. The third kappa shape index (κ3) is 2.49. The summed E-state index contributed by atoms with van der Waals surface area (Å²) in [5.74, 6) is 3.00. The predicted octanol–water partition coefficient (Wildman–Crippen LogP) is 3.46. The molecule has 2 aliphatic rings. The third-order valence-corrected chi connectivity index (χ3v) is 5.38. The van der Waals surface area contributed by atoms with Crippen molar-refractivity contribution in [2.45, 2.75) is 49.1 Å². The van der Waals surface area contributed by atoms with Gasteiger partial charge in [-0.25, -0.2) is 0 Å². The number of benzene rings is 1. The largest absolute Gasteiger partial charge is 0.339 e. The molecule has 3 atom stereocenters. The Morgan fingerprint density at radius 2 is 2.14 bits per heavy atom. The molecule has 2 aliphatic heterocycles. The van der Waals surface area contributed by atoms with Crippen LogP contribution in [0.1, 0.15) is 38.0 Å². The fourth-order valence-corrected chi connectivity index (χ4v) is 4.13. The van der Waals surface area contributed by atoms with Crippen LogP contribution in [0.4, 0.5) is 0 Å². The first-order valence-corrected chi connectivity index (χ1v) is 8.65. The molecule has 3 unspecified atom stereocenters. The van der Waals surface area contributed by atoms with Gasteiger partial charge in [0.2, 0.25) is 11.7 Å². The van der Waals surface area contributed by atoms with Gasteiger partial charge < -0.3 is 9.84 Å². The first kappa shape index (κ1) is 13.3. The minimum atomic E-state index is 0.403. The molecular formula is C16H19N3OS. The summed E-state index contributed by atoms with van der Waals surface area (Å²) >= 11 is 1.84. The van der Waals surface area contributed by atoms with Crippen LogP contribution in [-0.4, -0.2) is 28.0 Å². The topological polar surface area (TPSA) is 51.0 Å². The van der Waals surface area contributed by atoms with Crippen LogP contribution in [0.3, 0.4) is 0 Å². The second-order valence-electron chi connectivity index (χ2n) is 5.80. The van der Waals surface area contributed by atoms with Crippen LogP contribution in [0, 0.1) is 0 Å². The fourth-order valence-electron chi connectivity index (χ4n) is 3.47. The summed E-state index contributed by atoms with van der Waals surface area (Å²) in [6, 6.07) is 9.58. The summed E-state index contributed by atoms with van der Waals surface area (Å²) in [6.07, 6.45) is 3.66. The standard InChI is InChI=1S/C16H19N3OS/c1-2-21-12-6-3-10(4-7-12)15-18-16(20-19-15)13-9-11-5-8-14(13)17-11/h3-4,6-7,11,13-14,17H,2,5,8-9H2,1H3. The second-order valence-corrected chi connectivity index (χ2v) is 7.14. The van der Waals surface area contributed by atoms with Crippen LogP contribution in [-0.2, 0) is 0 Å². The molecular weight excluding hydrogens is 282 g/mol. The minimum Gasteiger partial charge on any atom is -0.339 e. The first-order valence-electron chi connectivity index (χ1n) is 7.66. The van der Waals surface area contributed by atoms with Crippen LogP contribution in [0.25, 0.3) is 11.4 Å². The van der Waals surface area contributed by atoms with Crippen molar-refractivity contribution in [2.75, 3.05) is 5.75 Å². The van der Waals surface area contributed by atoms with Crippen LogP contribution in [0.5, 0.6) is 0 Å². The normalized spacial score (nSPS) is 27.4. The molecule has 0 spiro atoms. The first-order chi connectivity index (χ1) is 10.3. The summed E-state index contributed by atoms with van der Waals surface area (Å²) in [5.41, 5.74) is 1.03. The molecule has 1 aromatic carbocycles. The van der Waals surface area contributed by atoms with Crippen molar-refractivity contribution in [3.8, 4) is 11.4 Å². The molecule has 21 heavy (non-hydrogen) atoms. The van der Waals surface area contributed by atoms with Crippen LogP contribution >= 0.6 is 11.8 Å². The van der Waals surface area contributed by atoms with E-state index < -0.39 is 0 Å². The molecule has 0 saturated carbocycles. The van der Waals surface area contributed by atoms with E-state index in [2.05, 4.69) is 46.6 Å². The van der Waals surface area contributed by atoms with E-state index in [1.807, 2.05) is 11.8 Å². The summed E-state index contributed by atoms with van der Waals surface area (Å²) in [4.78, 5) is 5.91. The number of hydrogen-bond donors (Lipinski definition) is 1. The van der Waals surface area contributed by atoms with E-state index in [0.29, 0.717) is 23.8 Å². The van der Waals surface area contributed by atoms with Gasteiger partial charge in [-0.15, -0.1) is 11.8 Å². The zero-order valence-electron chi connectivity index (χ0n) is 12.1. The number of hydrogen-bond acceptors (Lipinski definition) is 5. The number of nitrogens with zero attached hydrogens (tertiary/aromatic N) is 2. The van der Waals surface area contributed by atoms with Crippen molar-refractivity contribution in [2.24, 2.45) is 0 Å². The maximum Gasteiger partial charge on any atom is 0.231 e. The SMILES string of the molecule is CCSc1ccc(-c2noc(C3CC4CCC3N4)n2)cc1. The maximum atomic E-state index is 5.53. The Labute approximate surface area is 128 Å². The molecule has 1 aromatic heterocycles.